The summed E-state index contributed by atoms with van der Waals surface area (Å²) in [4.78, 5) is 30.2. The fourth-order valence-electron chi connectivity index (χ4n) is 2.65. The molecule has 150 valence electrons. The molecule has 0 aromatic heterocycles. The summed E-state index contributed by atoms with van der Waals surface area (Å²) in [6.45, 7) is 12.9. The van der Waals surface area contributed by atoms with E-state index in [2.05, 4.69) is 20.5 Å². The normalized spacial score (nSPS) is 16.2. The van der Waals surface area contributed by atoms with E-state index in [0.717, 1.165) is 38.4 Å². The van der Waals surface area contributed by atoms with E-state index in [1.54, 1.807) is 0 Å². The maximum Gasteiger partial charge on any atom is 0.407 e. The number of nitrogens with one attached hydrogen (secondary N) is 2. The van der Waals surface area contributed by atoms with E-state index in [1.807, 2.05) is 34.6 Å². The van der Waals surface area contributed by atoms with Crippen LogP contribution in [-0.2, 0) is 14.3 Å². The zero-order valence-electron chi connectivity index (χ0n) is 16.8. The summed E-state index contributed by atoms with van der Waals surface area (Å²) in [6.07, 6.45) is 1.09. The van der Waals surface area contributed by atoms with Crippen molar-refractivity contribution in [3.8, 4) is 0 Å². The third-order valence-electron chi connectivity index (χ3n) is 3.79. The number of guanidine groups is 1. The van der Waals surface area contributed by atoms with Crippen LogP contribution < -0.4 is 10.6 Å². The van der Waals surface area contributed by atoms with Crippen molar-refractivity contribution in [2.75, 3.05) is 39.3 Å². The molecule has 1 aliphatic heterocycles. The van der Waals surface area contributed by atoms with Crippen LogP contribution in [0.15, 0.2) is 4.99 Å². The van der Waals surface area contributed by atoms with Crippen molar-refractivity contribution in [2.45, 2.75) is 53.1 Å². The molecule has 0 aromatic rings. The van der Waals surface area contributed by atoms with Gasteiger partial charge in [0.1, 0.15) is 5.60 Å². The molecule has 0 radical (unpaired) electrons. The zero-order chi connectivity index (χ0) is 19.6. The first-order valence-electron chi connectivity index (χ1n) is 9.43. The number of carbonyl (C=O) groups excluding carboxylic acids is 2. The molecule has 0 aliphatic carbocycles. The molecule has 1 saturated heterocycles. The molecule has 0 saturated carbocycles. The Morgan fingerprint density at radius 1 is 1.15 bits per heavy atom. The highest BCUT2D eigenvalue weighted by atomic mass is 16.6. The van der Waals surface area contributed by atoms with Crippen LogP contribution in [-0.4, -0.2) is 67.9 Å². The molecule has 8 nitrogen and oxygen atoms in total. The third-order valence-corrected chi connectivity index (χ3v) is 3.79. The lowest BCUT2D eigenvalue weighted by atomic mass is 9.97. The van der Waals surface area contributed by atoms with E-state index < -0.39 is 11.7 Å². The molecule has 1 aliphatic rings. The minimum atomic E-state index is -0.508. The lowest BCUT2D eigenvalue weighted by Gasteiger charge is -2.33. The van der Waals surface area contributed by atoms with Gasteiger partial charge < -0.3 is 25.0 Å². The Morgan fingerprint density at radius 3 is 2.35 bits per heavy atom. The van der Waals surface area contributed by atoms with E-state index in [9.17, 15) is 9.59 Å². The number of carbonyl (C=O) groups is 2. The summed E-state index contributed by atoms with van der Waals surface area (Å²) in [6, 6.07) is 0. The highest BCUT2D eigenvalue weighted by Crippen LogP contribution is 2.18. The van der Waals surface area contributed by atoms with Crippen LogP contribution >= 0.6 is 0 Å². The van der Waals surface area contributed by atoms with Gasteiger partial charge >= 0.3 is 12.1 Å². The average Bonchev–Trinajstić information content (AvgIpc) is 2.56. The number of hydrogen-bond donors (Lipinski definition) is 2. The number of hydrogen-bond acceptors (Lipinski definition) is 5. The molecule has 0 atom stereocenters. The molecule has 2 N–H and O–H groups in total. The van der Waals surface area contributed by atoms with Gasteiger partial charge in [-0.15, -0.1) is 0 Å². The number of ether oxygens (including phenoxy) is 2. The number of rotatable bonds is 6. The lowest BCUT2D eigenvalue weighted by molar-refractivity contribution is -0.149. The van der Waals surface area contributed by atoms with E-state index in [4.69, 9.17) is 9.47 Å². The molecular formula is C18H34N4O4. The summed E-state index contributed by atoms with van der Waals surface area (Å²) >= 11 is 0. The van der Waals surface area contributed by atoms with Crippen LogP contribution in [0.25, 0.3) is 0 Å². The topological polar surface area (TPSA) is 92.3 Å². The van der Waals surface area contributed by atoms with E-state index in [0.29, 0.717) is 19.7 Å². The van der Waals surface area contributed by atoms with Crippen LogP contribution in [0.5, 0.6) is 0 Å². The molecule has 1 fully saturated rings. The molecule has 1 heterocycles. The maximum absolute atomic E-state index is 11.8. The number of aliphatic imine (C=N–C) groups is 1. The SMILES string of the molecule is CCNC(=NCCNC(=O)OC(C)(C)C)N1CCC(C(=O)OCC)CC1. The van der Waals surface area contributed by atoms with Gasteiger partial charge in [-0.25, -0.2) is 4.79 Å². The first-order chi connectivity index (χ1) is 12.3. The fraction of sp³-hybridized carbons (Fsp3) is 0.833. The Bertz CT molecular complexity index is 480. The molecule has 1 amide bonds. The number of nitrogens with zero attached hydrogens (tertiary/aromatic N) is 2. The maximum atomic E-state index is 11.8. The zero-order valence-corrected chi connectivity index (χ0v) is 16.8. The molecule has 0 bridgehead atoms. The van der Waals surface area contributed by atoms with Gasteiger partial charge in [0.15, 0.2) is 5.96 Å². The van der Waals surface area contributed by atoms with Gasteiger partial charge in [-0.05, 0) is 47.5 Å². The number of amides is 1. The van der Waals surface area contributed by atoms with Crippen LogP contribution in [0.4, 0.5) is 4.79 Å². The Balaban J connectivity index is 2.44. The molecule has 1 rings (SSSR count). The van der Waals surface area contributed by atoms with Gasteiger partial charge in [-0.2, -0.15) is 0 Å². The fourth-order valence-corrected chi connectivity index (χ4v) is 2.65. The van der Waals surface area contributed by atoms with Crippen LogP contribution in [0.1, 0.15) is 47.5 Å². The molecular weight excluding hydrogens is 336 g/mol. The van der Waals surface area contributed by atoms with Gasteiger partial charge in [0.25, 0.3) is 0 Å². The van der Waals surface area contributed by atoms with Crippen molar-refractivity contribution >= 4 is 18.0 Å². The van der Waals surface area contributed by atoms with E-state index >= 15 is 0 Å². The highest BCUT2D eigenvalue weighted by molar-refractivity contribution is 5.80. The van der Waals surface area contributed by atoms with Crippen molar-refractivity contribution in [1.29, 1.82) is 0 Å². The van der Waals surface area contributed by atoms with Gasteiger partial charge in [0, 0.05) is 26.2 Å². The predicted molar refractivity (Wildman–Crippen MR) is 101 cm³/mol. The second-order valence-electron chi connectivity index (χ2n) is 7.18. The third kappa shape index (κ3) is 8.40. The number of piperidine rings is 1. The standard InChI is InChI=1S/C18H34N4O4/c1-6-19-16(20-10-11-21-17(24)26-18(3,4)5)22-12-8-14(9-13-22)15(23)25-7-2/h14H,6-13H2,1-5H3,(H,19,20)(H,21,24). The van der Waals surface area contributed by atoms with Gasteiger partial charge in [0.05, 0.1) is 19.1 Å². The number of alkyl carbamates (subject to hydrolysis) is 1. The van der Waals surface area contributed by atoms with E-state index in [1.165, 1.54) is 0 Å². The van der Waals surface area contributed by atoms with Crippen molar-refractivity contribution in [3.05, 3.63) is 0 Å². The molecule has 0 aromatic carbocycles. The van der Waals surface area contributed by atoms with Crippen LogP contribution in [0, 0.1) is 5.92 Å². The second-order valence-corrected chi connectivity index (χ2v) is 7.18. The van der Waals surface area contributed by atoms with Crippen molar-refractivity contribution in [3.63, 3.8) is 0 Å². The van der Waals surface area contributed by atoms with Crippen molar-refractivity contribution in [1.82, 2.24) is 15.5 Å². The molecule has 8 heteroatoms. The van der Waals surface area contributed by atoms with E-state index in [-0.39, 0.29) is 11.9 Å². The summed E-state index contributed by atoms with van der Waals surface area (Å²) in [5.74, 6) is 0.680. The molecule has 0 spiro atoms. The summed E-state index contributed by atoms with van der Waals surface area (Å²) in [5.41, 5.74) is -0.508. The monoisotopic (exact) mass is 370 g/mol. The minimum Gasteiger partial charge on any atom is -0.466 e. The Hall–Kier alpha value is -1.99. The number of likely N-dealkylation sites (tertiary alicyclic amines) is 1. The lowest BCUT2D eigenvalue weighted by Crippen LogP contribution is -2.47. The second kappa shape index (κ2) is 10.9. The quantitative estimate of drug-likeness (QED) is 0.320. The van der Waals surface area contributed by atoms with Gasteiger partial charge in [-0.1, -0.05) is 0 Å². The Morgan fingerprint density at radius 2 is 1.81 bits per heavy atom. The number of esters is 1. The Labute approximate surface area is 156 Å². The van der Waals surface area contributed by atoms with Crippen LogP contribution in [0.2, 0.25) is 0 Å². The van der Waals surface area contributed by atoms with Crippen molar-refractivity contribution in [2.24, 2.45) is 10.9 Å². The van der Waals surface area contributed by atoms with Gasteiger partial charge in [0.2, 0.25) is 0 Å². The first-order valence-corrected chi connectivity index (χ1v) is 9.43. The minimum absolute atomic E-state index is 0.0251. The van der Waals surface area contributed by atoms with Gasteiger partial charge in [-0.3, -0.25) is 9.79 Å². The average molecular weight is 370 g/mol. The Kier molecular flexibility index (Phi) is 9.23. The van der Waals surface area contributed by atoms with Crippen LogP contribution in [0.3, 0.4) is 0 Å². The van der Waals surface area contributed by atoms with Crippen molar-refractivity contribution < 1.29 is 19.1 Å². The molecule has 0 unspecified atom stereocenters. The smallest absolute Gasteiger partial charge is 0.407 e. The predicted octanol–water partition coefficient (Wildman–Crippen LogP) is 1.75. The molecule has 26 heavy (non-hydrogen) atoms. The summed E-state index contributed by atoms with van der Waals surface area (Å²) < 4.78 is 10.3. The summed E-state index contributed by atoms with van der Waals surface area (Å²) in [5, 5.41) is 5.96. The largest absolute Gasteiger partial charge is 0.466 e. The summed E-state index contributed by atoms with van der Waals surface area (Å²) in [7, 11) is 0. The first kappa shape index (κ1) is 22.1. The highest BCUT2D eigenvalue weighted by Gasteiger charge is 2.27.